The van der Waals surface area contributed by atoms with Crippen LogP contribution in [0.5, 0.6) is 11.5 Å². The van der Waals surface area contributed by atoms with Crippen LogP contribution in [0.4, 0.5) is 5.82 Å². The van der Waals surface area contributed by atoms with Gasteiger partial charge in [-0.1, -0.05) is 0 Å². The topological polar surface area (TPSA) is 84.9 Å². The quantitative estimate of drug-likeness (QED) is 0.579. The first-order valence-corrected chi connectivity index (χ1v) is 13.2. The maximum Gasteiger partial charge on any atom is 0.243 e. The number of nitrogens with zero attached hydrogens (tertiary/aromatic N) is 4. The fraction of sp³-hybridized carbons (Fsp3) is 0.455. The van der Waals surface area contributed by atoms with E-state index in [1.165, 1.54) is 22.2 Å². The Morgan fingerprint density at radius 3 is 2.59 bits per heavy atom. The second-order valence-electron chi connectivity index (χ2n) is 8.33. The molecule has 2 aromatic heterocycles. The Kier molecular flexibility index (Phi) is 4.78. The number of hydrogen-bond acceptors (Lipinski definition) is 8. The molecule has 0 amide bonds. The Bertz CT molecular complexity index is 1310. The summed E-state index contributed by atoms with van der Waals surface area (Å²) >= 11 is 1.79. The SMILES string of the molecule is Cc1nc(N2CCN(S(=O)(=O)c3ccc4c(c3)OCCO4)CC2)c2c3c(sc2n1)CCC3. The van der Waals surface area contributed by atoms with Crippen LogP contribution in [0.2, 0.25) is 0 Å². The van der Waals surface area contributed by atoms with Crippen LogP contribution in [0.1, 0.15) is 22.7 Å². The van der Waals surface area contributed by atoms with Gasteiger partial charge in [0.2, 0.25) is 10.0 Å². The van der Waals surface area contributed by atoms with Gasteiger partial charge in [-0.2, -0.15) is 4.31 Å². The number of hydrogen-bond donors (Lipinski definition) is 0. The molecule has 3 aliphatic rings. The summed E-state index contributed by atoms with van der Waals surface area (Å²) in [5, 5.41) is 1.18. The van der Waals surface area contributed by atoms with Crippen molar-refractivity contribution in [3.8, 4) is 11.5 Å². The third kappa shape index (κ3) is 3.23. The van der Waals surface area contributed by atoms with Crippen molar-refractivity contribution in [2.45, 2.75) is 31.1 Å². The Morgan fingerprint density at radius 1 is 1.00 bits per heavy atom. The van der Waals surface area contributed by atoms with Gasteiger partial charge >= 0.3 is 0 Å². The molecular weight excluding hydrogens is 448 g/mol. The van der Waals surface area contributed by atoms with Crippen LogP contribution in [0.3, 0.4) is 0 Å². The Morgan fingerprint density at radius 2 is 1.78 bits per heavy atom. The van der Waals surface area contributed by atoms with E-state index in [-0.39, 0.29) is 4.90 Å². The van der Waals surface area contributed by atoms with E-state index in [0.717, 1.165) is 29.3 Å². The first-order valence-electron chi connectivity index (χ1n) is 10.9. The molecule has 1 saturated heterocycles. The zero-order valence-corrected chi connectivity index (χ0v) is 19.5. The molecule has 3 aromatic rings. The fourth-order valence-corrected chi connectivity index (χ4v) is 7.52. The predicted molar refractivity (Wildman–Crippen MR) is 123 cm³/mol. The van der Waals surface area contributed by atoms with E-state index in [2.05, 4.69) is 9.88 Å². The zero-order chi connectivity index (χ0) is 21.9. The van der Waals surface area contributed by atoms with Crippen LogP contribution in [0.15, 0.2) is 23.1 Å². The van der Waals surface area contributed by atoms with Gasteiger partial charge in [0, 0.05) is 37.1 Å². The number of aromatic nitrogens is 2. The minimum Gasteiger partial charge on any atom is -0.486 e. The van der Waals surface area contributed by atoms with Gasteiger partial charge in [0.05, 0.1) is 10.3 Å². The van der Waals surface area contributed by atoms with Crippen LogP contribution in [-0.2, 0) is 22.9 Å². The predicted octanol–water partition coefficient (Wildman–Crippen LogP) is 2.77. The smallest absolute Gasteiger partial charge is 0.243 e. The van der Waals surface area contributed by atoms with Gasteiger partial charge in [-0.3, -0.25) is 0 Å². The monoisotopic (exact) mass is 472 g/mol. The third-order valence-corrected chi connectivity index (χ3v) is 9.43. The molecule has 0 unspecified atom stereocenters. The first kappa shape index (κ1) is 20.2. The zero-order valence-electron chi connectivity index (χ0n) is 17.8. The number of rotatable bonds is 3. The number of fused-ring (bicyclic) bond motifs is 4. The summed E-state index contributed by atoms with van der Waals surface area (Å²) in [5.41, 5.74) is 1.39. The average Bonchev–Trinajstić information content (AvgIpc) is 3.39. The van der Waals surface area contributed by atoms with Crippen LogP contribution in [0, 0.1) is 6.92 Å². The van der Waals surface area contributed by atoms with Gasteiger partial charge in [0.25, 0.3) is 0 Å². The summed E-state index contributed by atoms with van der Waals surface area (Å²) in [7, 11) is -3.61. The van der Waals surface area contributed by atoms with Crippen LogP contribution in [0.25, 0.3) is 10.2 Å². The van der Waals surface area contributed by atoms with Crippen molar-refractivity contribution in [2.24, 2.45) is 0 Å². The summed E-state index contributed by atoms with van der Waals surface area (Å²) in [5.74, 6) is 2.80. The van der Waals surface area contributed by atoms with Gasteiger partial charge in [0.1, 0.15) is 29.7 Å². The molecular formula is C22H24N4O4S2. The molecule has 1 aliphatic carbocycles. The summed E-state index contributed by atoms with van der Waals surface area (Å²) < 4.78 is 39.2. The number of sulfonamides is 1. The second kappa shape index (κ2) is 7.57. The average molecular weight is 473 g/mol. The fourth-order valence-electron chi connectivity index (χ4n) is 4.78. The van der Waals surface area contributed by atoms with Crippen LogP contribution < -0.4 is 14.4 Å². The lowest BCUT2D eigenvalue weighted by Crippen LogP contribution is -2.49. The molecule has 8 nitrogen and oxygen atoms in total. The maximum atomic E-state index is 13.3. The highest BCUT2D eigenvalue weighted by atomic mass is 32.2. The van der Waals surface area contributed by atoms with E-state index in [1.54, 1.807) is 33.8 Å². The molecule has 168 valence electrons. The minimum atomic E-state index is -3.61. The van der Waals surface area contributed by atoms with Gasteiger partial charge < -0.3 is 14.4 Å². The highest BCUT2D eigenvalue weighted by molar-refractivity contribution is 7.89. The molecule has 4 heterocycles. The highest BCUT2D eigenvalue weighted by Gasteiger charge is 2.32. The number of ether oxygens (including phenoxy) is 2. The number of anilines is 1. The van der Waals surface area contributed by atoms with Crippen LogP contribution >= 0.6 is 11.3 Å². The van der Waals surface area contributed by atoms with Crippen molar-refractivity contribution in [1.29, 1.82) is 0 Å². The van der Waals surface area contributed by atoms with E-state index in [4.69, 9.17) is 14.5 Å². The lowest BCUT2D eigenvalue weighted by molar-refractivity contribution is 0.171. The Hall–Kier alpha value is -2.43. The molecule has 0 bridgehead atoms. The molecule has 0 N–H and O–H groups in total. The Labute approximate surface area is 190 Å². The van der Waals surface area contributed by atoms with Crippen molar-refractivity contribution in [1.82, 2.24) is 14.3 Å². The summed E-state index contributed by atoms with van der Waals surface area (Å²) in [4.78, 5) is 14.4. The molecule has 10 heteroatoms. The molecule has 1 fully saturated rings. The van der Waals surface area contributed by atoms with Crippen molar-refractivity contribution in [3.05, 3.63) is 34.5 Å². The number of piperazine rings is 1. The number of benzene rings is 1. The van der Waals surface area contributed by atoms with Gasteiger partial charge in [-0.15, -0.1) is 11.3 Å². The van der Waals surface area contributed by atoms with Crippen molar-refractivity contribution >= 4 is 37.4 Å². The van der Waals surface area contributed by atoms with Gasteiger partial charge in [0.15, 0.2) is 11.5 Å². The maximum absolute atomic E-state index is 13.3. The van der Waals surface area contributed by atoms with Crippen LogP contribution in [-0.4, -0.2) is 62.1 Å². The molecule has 0 spiro atoms. The van der Waals surface area contributed by atoms with E-state index in [0.29, 0.717) is 50.9 Å². The van der Waals surface area contributed by atoms with Gasteiger partial charge in [-0.05, 0) is 43.9 Å². The molecule has 2 aliphatic heterocycles. The highest BCUT2D eigenvalue weighted by Crippen LogP contribution is 2.41. The van der Waals surface area contributed by atoms with E-state index < -0.39 is 10.0 Å². The van der Waals surface area contributed by atoms with E-state index >= 15 is 0 Å². The standard InChI is InChI=1S/C22H24N4O4S2/c1-14-23-21(20-16-3-2-4-19(16)31-22(20)24-14)25-7-9-26(10-8-25)32(27,28)15-5-6-17-18(13-15)30-12-11-29-17/h5-6,13H,2-4,7-12H2,1H3. The lowest BCUT2D eigenvalue weighted by Gasteiger charge is -2.35. The summed E-state index contributed by atoms with van der Waals surface area (Å²) in [6.07, 6.45) is 3.38. The second-order valence-corrected chi connectivity index (χ2v) is 11.4. The molecule has 6 rings (SSSR count). The summed E-state index contributed by atoms with van der Waals surface area (Å²) in [6.45, 7) is 4.84. The van der Waals surface area contributed by atoms with E-state index in [1.807, 2.05) is 6.92 Å². The summed E-state index contributed by atoms with van der Waals surface area (Å²) in [6, 6.07) is 4.85. The van der Waals surface area contributed by atoms with Crippen molar-refractivity contribution in [3.63, 3.8) is 0 Å². The third-order valence-electron chi connectivity index (χ3n) is 6.35. The molecule has 0 radical (unpaired) electrons. The molecule has 0 saturated carbocycles. The largest absolute Gasteiger partial charge is 0.486 e. The number of aryl methyl sites for hydroxylation is 3. The van der Waals surface area contributed by atoms with E-state index in [9.17, 15) is 8.42 Å². The van der Waals surface area contributed by atoms with Gasteiger partial charge in [-0.25, -0.2) is 18.4 Å². The lowest BCUT2D eigenvalue weighted by atomic mass is 10.1. The van der Waals surface area contributed by atoms with Crippen molar-refractivity contribution < 1.29 is 17.9 Å². The van der Waals surface area contributed by atoms with Crippen molar-refractivity contribution in [2.75, 3.05) is 44.3 Å². The Balaban J connectivity index is 1.26. The molecule has 1 aromatic carbocycles. The number of thiophene rings is 1. The molecule has 32 heavy (non-hydrogen) atoms. The molecule has 0 atom stereocenters. The minimum absolute atomic E-state index is 0.242. The first-order chi connectivity index (χ1) is 15.5. The normalized spacial score (nSPS) is 18.8.